The molecule has 0 bridgehead atoms. The van der Waals surface area contributed by atoms with Crippen LogP contribution in [0, 0.1) is 0 Å². The monoisotopic (exact) mass is 611 g/mol. The molecule has 6 rings (SSSR count). The smallest absolute Gasteiger partial charge is 0.261 e. The Balaban J connectivity index is 1.19. The van der Waals surface area contributed by atoms with Crippen molar-refractivity contribution in [1.29, 1.82) is 0 Å². The van der Waals surface area contributed by atoms with E-state index in [1.54, 1.807) is 32.2 Å². The molecule has 2 aromatic carbocycles. The highest BCUT2D eigenvalue weighted by molar-refractivity contribution is 7.17. The number of fused-ring (bicyclic) bond motifs is 3. The Morgan fingerprint density at radius 3 is 2.50 bits per heavy atom. The fourth-order valence-corrected chi connectivity index (χ4v) is 6.91. The first-order chi connectivity index (χ1) is 21.2. The van der Waals surface area contributed by atoms with Crippen LogP contribution in [0.3, 0.4) is 0 Å². The van der Waals surface area contributed by atoms with Gasteiger partial charge in [0.25, 0.3) is 11.8 Å². The Labute approximate surface area is 261 Å². The van der Waals surface area contributed by atoms with E-state index >= 15 is 0 Å². The zero-order valence-corrected chi connectivity index (χ0v) is 25.7. The summed E-state index contributed by atoms with van der Waals surface area (Å²) in [6.07, 6.45) is 3.64. The van der Waals surface area contributed by atoms with Gasteiger partial charge in [0.15, 0.2) is 6.23 Å². The molecule has 0 aliphatic carbocycles. The first-order valence-electron chi connectivity index (χ1n) is 15.0. The number of carbonyl (C=O) groups excluding carboxylic acids is 2. The van der Waals surface area contributed by atoms with Crippen LogP contribution in [-0.4, -0.2) is 58.8 Å². The predicted octanol–water partition coefficient (Wildman–Crippen LogP) is 5.22. The summed E-state index contributed by atoms with van der Waals surface area (Å²) < 4.78 is 0. The lowest BCUT2D eigenvalue weighted by Crippen LogP contribution is -2.46. The van der Waals surface area contributed by atoms with Crippen LogP contribution >= 0.6 is 11.3 Å². The van der Waals surface area contributed by atoms with E-state index in [9.17, 15) is 19.8 Å². The van der Waals surface area contributed by atoms with Gasteiger partial charge >= 0.3 is 0 Å². The Morgan fingerprint density at radius 1 is 1.00 bits per heavy atom. The average molecular weight is 612 g/mol. The zero-order chi connectivity index (χ0) is 30.8. The highest BCUT2D eigenvalue weighted by Gasteiger charge is 2.29. The summed E-state index contributed by atoms with van der Waals surface area (Å²) in [6.45, 7) is 5.75. The minimum Gasteiger partial charge on any atom is -0.394 e. The summed E-state index contributed by atoms with van der Waals surface area (Å²) in [7, 11) is 0. The summed E-state index contributed by atoms with van der Waals surface area (Å²) in [6, 6.07) is 20.7. The highest BCUT2D eigenvalue weighted by atomic mass is 32.1. The van der Waals surface area contributed by atoms with Crippen molar-refractivity contribution < 1.29 is 19.8 Å². The average Bonchev–Trinajstić information content (AvgIpc) is 3.70. The van der Waals surface area contributed by atoms with Crippen LogP contribution in [0.1, 0.15) is 64.1 Å². The van der Waals surface area contributed by atoms with E-state index in [1.165, 1.54) is 11.3 Å². The van der Waals surface area contributed by atoms with Gasteiger partial charge in [0.1, 0.15) is 5.82 Å². The molecule has 2 amide bonds. The number of aliphatic hydroxyl groups excluding tert-OH is 2. The molecule has 2 aliphatic heterocycles. The molecule has 4 heterocycles. The minimum absolute atomic E-state index is 0.156. The van der Waals surface area contributed by atoms with Crippen LogP contribution in [0.15, 0.2) is 72.9 Å². The SMILES string of the molecule is CC(C)(CO)NC(=O)c1cc2c(s1)-c1ccccc1N(C(O)c1ccc(NC(=O)c3cccnc3N3CCCC3)cc1)CC2. The fraction of sp³-hybridized carbons (Fsp3) is 0.324. The van der Waals surface area contributed by atoms with Gasteiger partial charge < -0.3 is 30.6 Å². The number of nitrogens with zero attached hydrogens (tertiary/aromatic N) is 3. The number of hydrogen-bond donors (Lipinski definition) is 4. The maximum absolute atomic E-state index is 13.2. The molecule has 0 saturated carbocycles. The molecule has 1 unspecified atom stereocenters. The van der Waals surface area contributed by atoms with Crippen molar-refractivity contribution in [3.05, 3.63) is 94.5 Å². The van der Waals surface area contributed by atoms with Gasteiger partial charge in [-0.1, -0.05) is 30.3 Å². The second-order valence-electron chi connectivity index (χ2n) is 11.9. The van der Waals surface area contributed by atoms with Gasteiger partial charge in [-0.25, -0.2) is 4.98 Å². The van der Waals surface area contributed by atoms with Crippen LogP contribution in [0.25, 0.3) is 10.4 Å². The number of thiophene rings is 1. The van der Waals surface area contributed by atoms with Crippen LogP contribution in [0.5, 0.6) is 0 Å². The van der Waals surface area contributed by atoms with Gasteiger partial charge in [0, 0.05) is 53.2 Å². The maximum Gasteiger partial charge on any atom is 0.261 e. The minimum atomic E-state index is -0.914. The molecule has 1 atom stereocenters. The third kappa shape index (κ3) is 6.06. The molecule has 9 nitrogen and oxygen atoms in total. The third-order valence-electron chi connectivity index (χ3n) is 8.16. The molecule has 1 fully saturated rings. The highest BCUT2D eigenvalue weighted by Crippen LogP contribution is 2.43. The summed E-state index contributed by atoms with van der Waals surface area (Å²) in [5, 5.41) is 27.0. The Bertz CT molecular complexity index is 1660. The van der Waals surface area contributed by atoms with E-state index in [2.05, 4.69) is 20.5 Å². The van der Waals surface area contributed by atoms with Gasteiger partial charge in [-0.3, -0.25) is 9.59 Å². The van der Waals surface area contributed by atoms with Crippen molar-refractivity contribution >= 4 is 40.3 Å². The number of amides is 2. The number of para-hydroxylation sites is 1. The lowest BCUT2D eigenvalue weighted by Gasteiger charge is -2.30. The summed E-state index contributed by atoms with van der Waals surface area (Å²) in [4.78, 5) is 36.3. The quantitative estimate of drug-likeness (QED) is 0.216. The number of pyridine rings is 1. The first kappa shape index (κ1) is 29.8. The van der Waals surface area contributed by atoms with Gasteiger partial charge in [-0.15, -0.1) is 11.3 Å². The first-order valence-corrected chi connectivity index (χ1v) is 15.8. The van der Waals surface area contributed by atoms with Crippen molar-refractivity contribution in [3.8, 4) is 10.4 Å². The molecule has 1 saturated heterocycles. The Kier molecular flexibility index (Phi) is 8.40. The number of benzene rings is 2. The molecule has 44 heavy (non-hydrogen) atoms. The van der Waals surface area contributed by atoms with Crippen molar-refractivity contribution in [2.24, 2.45) is 0 Å². The van der Waals surface area contributed by atoms with E-state index in [1.807, 2.05) is 59.5 Å². The van der Waals surface area contributed by atoms with Gasteiger partial charge in [-0.05, 0) is 75.1 Å². The second kappa shape index (κ2) is 12.4. The Morgan fingerprint density at radius 2 is 1.75 bits per heavy atom. The van der Waals surface area contributed by atoms with Gasteiger partial charge in [-0.2, -0.15) is 0 Å². The van der Waals surface area contributed by atoms with Crippen molar-refractivity contribution in [2.45, 2.75) is 44.9 Å². The van der Waals surface area contributed by atoms with Crippen molar-refractivity contribution in [3.63, 3.8) is 0 Å². The third-order valence-corrected chi connectivity index (χ3v) is 9.37. The maximum atomic E-state index is 13.2. The van der Waals surface area contributed by atoms with Crippen LogP contribution < -0.4 is 20.4 Å². The van der Waals surface area contributed by atoms with Crippen molar-refractivity contribution in [1.82, 2.24) is 10.3 Å². The number of aromatic nitrogens is 1. The second-order valence-corrected chi connectivity index (χ2v) is 13.0. The molecule has 4 N–H and O–H groups in total. The predicted molar refractivity (Wildman–Crippen MR) is 174 cm³/mol. The van der Waals surface area contributed by atoms with Gasteiger partial charge in [0.05, 0.1) is 22.6 Å². The van der Waals surface area contributed by atoms with E-state index in [-0.39, 0.29) is 18.4 Å². The normalized spacial score (nSPS) is 15.3. The van der Waals surface area contributed by atoms with E-state index in [4.69, 9.17) is 0 Å². The standard InChI is InChI=1S/C34H37N5O4S/c1-34(2,21-40)37-32(42)28-20-23-15-19-39(27-10-4-3-8-25(27)29(23)44-28)33(43)22-11-13-24(14-12-22)36-31(41)26-9-7-16-35-30(26)38-17-5-6-18-38/h3-4,7-14,16,20,33,40,43H,5-6,15,17-19,21H2,1-2H3,(H,36,41)(H,37,42). The summed E-state index contributed by atoms with van der Waals surface area (Å²) >= 11 is 1.43. The lowest BCUT2D eigenvalue weighted by molar-refractivity contribution is 0.0873. The molecule has 0 spiro atoms. The van der Waals surface area contributed by atoms with E-state index in [0.29, 0.717) is 40.5 Å². The number of carbonyl (C=O) groups is 2. The molecule has 4 aromatic rings. The Hall–Kier alpha value is -4.25. The number of hydrogen-bond acceptors (Lipinski definition) is 8. The lowest BCUT2D eigenvalue weighted by atomic mass is 10.1. The number of rotatable bonds is 8. The molecule has 228 valence electrons. The van der Waals surface area contributed by atoms with Crippen LogP contribution in [0.2, 0.25) is 0 Å². The molecule has 0 radical (unpaired) electrons. The van der Waals surface area contributed by atoms with E-state index < -0.39 is 11.8 Å². The molecular formula is C34H37N5O4S. The number of anilines is 3. The fourth-order valence-electron chi connectivity index (χ4n) is 5.77. The topological polar surface area (TPSA) is 118 Å². The van der Waals surface area contributed by atoms with Crippen molar-refractivity contribution in [2.75, 3.05) is 41.4 Å². The molecule has 10 heteroatoms. The summed E-state index contributed by atoms with van der Waals surface area (Å²) in [5.74, 6) is 0.290. The zero-order valence-electron chi connectivity index (χ0n) is 24.9. The molecule has 2 aromatic heterocycles. The molecular weight excluding hydrogens is 574 g/mol. The van der Waals surface area contributed by atoms with Gasteiger partial charge in [0.2, 0.25) is 0 Å². The molecule has 2 aliphatic rings. The van der Waals surface area contributed by atoms with E-state index in [0.717, 1.165) is 47.6 Å². The summed E-state index contributed by atoms with van der Waals surface area (Å²) in [5.41, 5.74) is 4.05. The van der Waals surface area contributed by atoms with Crippen LogP contribution in [-0.2, 0) is 6.42 Å². The largest absolute Gasteiger partial charge is 0.394 e. The number of aliphatic hydroxyl groups is 2. The van der Waals surface area contributed by atoms with Crippen LogP contribution in [0.4, 0.5) is 17.2 Å². The number of nitrogens with one attached hydrogen (secondary N) is 2.